The van der Waals surface area contributed by atoms with Crippen LogP contribution in [0, 0.1) is 0 Å². The Bertz CT molecular complexity index is 1000. The van der Waals surface area contributed by atoms with E-state index in [0.29, 0.717) is 27.5 Å². The van der Waals surface area contributed by atoms with E-state index in [1.54, 1.807) is 29.6 Å². The van der Waals surface area contributed by atoms with Crippen LogP contribution in [0.1, 0.15) is 16.3 Å². The second kappa shape index (κ2) is 7.92. The third-order valence-corrected chi connectivity index (χ3v) is 4.87. The highest BCUT2D eigenvalue weighted by Gasteiger charge is 2.32. The minimum atomic E-state index is -4.60. The summed E-state index contributed by atoms with van der Waals surface area (Å²) in [6, 6.07) is 7.41. The number of rotatable bonds is 5. The maximum Gasteiger partial charge on any atom is 0.417 e. The van der Waals surface area contributed by atoms with Crippen molar-refractivity contribution >= 4 is 34.5 Å². The van der Waals surface area contributed by atoms with Crippen LogP contribution in [0.4, 0.5) is 13.2 Å². The molecule has 0 aliphatic heterocycles. The van der Waals surface area contributed by atoms with Crippen molar-refractivity contribution in [2.24, 2.45) is 0 Å². The normalized spacial score (nSPS) is 11.6. The van der Waals surface area contributed by atoms with Crippen LogP contribution in [0.3, 0.4) is 0 Å². The van der Waals surface area contributed by atoms with E-state index in [-0.39, 0.29) is 13.2 Å². The Morgan fingerprint density at radius 3 is 2.56 bits per heavy atom. The molecule has 3 aromatic rings. The Morgan fingerprint density at radius 1 is 1.19 bits per heavy atom. The Balaban J connectivity index is 1.73. The van der Waals surface area contributed by atoms with Gasteiger partial charge in [0.2, 0.25) is 0 Å². The van der Waals surface area contributed by atoms with Gasteiger partial charge in [0.15, 0.2) is 0 Å². The van der Waals surface area contributed by atoms with Gasteiger partial charge in [0.05, 0.1) is 17.8 Å². The van der Waals surface area contributed by atoms with Crippen molar-refractivity contribution in [1.29, 1.82) is 0 Å². The van der Waals surface area contributed by atoms with Crippen LogP contribution in [0.5, 0.6) is 5.75 Å². The average molecular weight is 435 g/mol. The van der Waals surface area contributed by atoms with E-state index in [4.69, 9.17) is 27.9 Å². The van der Waals surface area contributed by atoms with Gasteiger partial charge in [-0.2, -0.15) is 13.2 Å². The van der Waals surface area contributed by atoms with Crippen LogP contribution < -0.4 is 10.3 Å². The zero-order chi connectivity index (χ0) is 19.6. The summed E-state index contributed by atoms with van der Waals surface area (Å²) in [4.78, 5) is 16.3. The molecular formula is C17H11Cl2F3N2O2S. The number of hydrogen-bond donors (Lipinski definition) is 0. The van der Waals surface area contributed by atoms with Crippen LogP contribution in [-0.2, 0) is 19.3 Å². The molecule has 0 radical (unpaired) electrons. The van der Waals surface area contributed by atoms with Crippen molar-refractivity contribution in [3.8, 4) is 5.75 Å². The minimum absolute atomic E-state index is 0.125. The standard InChI is InChI=1S/C17H11Cl2F3N2O2S/c18-11-1-3-13(4-2-11)26-8-15-23-12(9-27-15)7-24-6-10(17(20,21)22)5-14(19)16(24)25/h1-6,9H,7-8H2. The number of thiazole rings is 1. The molecule has 2 aromatic heterocycles. The molecule has 27 heavy (non-hydrogen) atoms. The van der Waals surface area contributed by atoms with E-state index in [1.807, 2.05) is 0 Å². The predicted octanol–water partition coefficient (Wildman–Crippen LogP) is 5.26. The first-order valence-corrected chi connectivity index (χ1v) is 9.15. The van der Waals surface area contributed by atoms with E-state index < -0.39 is 22.3 Å². The molecule has 4 nitrogen and oxygen atoms in total. The molecule has 0 aliphatic rings. The summed E-state index contributed by atoms with van der Waals surface area (Å²) in [5.41, 5.74) is -1.27. The summed E-state index contributed by atoms with van der Waals surface area (Å²) in [6.07, 6.45) is -3.86. The molecule has 10 heteroatoms. The summed E-state index contributed by atoms with van der Waals surface area (Å²) in [7, 11) is 0. The molecule has 2 heterocycles. The molecule has 142 valence electrons. The summed E-state index contributed by atoms with van der Waals surface area (Å²) in [6.45, 7) is 0.0600. The molecule has 0 aliphatic carbocycles. The third-order valence-electron chi connectivity index (χ3n) is 3.48. The van der Waals surface area contributed by atoms with Crippen LogP contribution in [0.2, 0.25) is 10.0 Å². The lowest BCUT2D eigenvalue weighted by atomic mass is 10.2. The SMILES string of the molecule is O=c1c(Cl)cc(C(F)(F)F)cn1Cc1csc(COc2ccc(Cl)cc2)n1. The van der Waals surface area contributed by atoms with Crippen molar-refractivity contribution < 1.29 is 17.9 Å². The molecular weight excluding hydrogens is 424 g/mol. The summed E-state index contributed by atoms with van der Waals surface area (Å²) in [5, 5.41) is 2.36. The topological polar surface area (TPSA) is 44.1 Å². The fraction of sp³-hybridized carbons (Fsp3) is 0.176. The molecule has 0 N–H and O–H groups in total. The van der Waals surface area contributed by atoms with Gasteiger partial charge in [0, 0.05) is 16.6 Å². The van der Waals surface area contributed by atoms with Gasteiger partial charge in [-0.05, 0) is 30.3 Å². The largest absolute Gasteiger partial charge is 0.486 e. The van der Waals surface area contributed by atoms with Gasteiger partial charge in [-0.15, -0.1) is 11.3 Å². The summed E-state index contributed by atoms with van der Waals surface area (Å²) >= 11 is 12.7. The van der Waals surface area contributed by atoms with Crippen molar-refractivity contribution in [2.75, 3.05) is 0 Å². The number of ether oxygens (including phenoxy) is 1. The molecule has 0 atom stereocenters. The first-order chi connectivity index (χ1) is 12.7. The Kier molecular flexibility index (Phi) is 5.78. The van der Waals surface area contributed by atoms with E-state index in [1.165, 1.54) is 11.3 Å². The Hall–Kier alpha value is -2.03. The fourth-order valence-corrected chi connectivity index (χ4v) is 3.26. The number of nitrogens with zero attached hydrogens (tertiary/aromatic N) is 2. The van der Waals surface area contributed by atoms with Crippen LogP contribution in [0.15, 0.2) is 46.7 Å². The van der Waals surface area contributed by atoms with Gasteiger partial charge >= 0.3 is 6.18 Å². The first-order valence-electron chi connectivity index (χ1n) is 7.51. The molecule has 0 bridgehead atoms. The maximum atomic E-state index is 12.9. The maximum absolute atomic E-state index is 12.9. The highest BCUT2D eigenvalue weighted by atomic mass is 35.5. The number of aromatic nitrogens is 2. The predicted molar refractivity (Wildman–Crippen MR) is 97.7 cm³/mol. The molecule has 3 rings (SSSR count). The quantitative estimate of drug-likeness (QED) is 0.550. The van der Waals surface area contributed by atoms with Crippen LogP contribution in [0.25, 0.3) is 0 Å². The first kappa shape index (κ1) is 19.7. The smallest absolute Gasteiger partial charge is 0.417 e. The zero-order valence-electron chi connectivity index (χ0n) is 13.5. The van der Waals surface area contributed by atoms with Gasteiger partial charge in [0.1, 0.15) is 22.4 Å². The fourth-order valence-electron chi connectivity index (χ4n) is 2.21. The van der Waals surface area contributed by atoms with Gasteiger partial charge in [-0.25, -0.2) is 4.98 Å². The number of halogens is 5. The van der Waals surface area contributed by atoms with Gasteiger partial charge in [-0.3, -0.25) is 4.79 Å². The summed E-state index contributed by atoms with van der Waals surface area (Å²) < 4.78 is 45.2. The molecule has 0 saturated heterocycles. The van der Waals surface area contributed by atoms with E-state index in [2.05, 4.69) is 4.98 Å². The van der Waals surface area contributed by atoms with Gasteiger partial charge in [-0.1, -0.05) is 23.2 Å². The molecule has 0 amide bonds. The number of benzene rings is 1. The van der Waals surface area contributed by atoms with Crippen LogP contribution >= 0.6 is 34.5 Å². The lowest BCUT2D eigenvalue weighted by molar-refractivity contribution is -0.138. The van der Waals surface area contributed by atoms with Gasteiger partial charge < -0.3 is 9.30 Å². The lowest BCUT2D eigenvalue weighted by Gasteiger charge is -2.11. The molecule has 0 spiro atoms. The number of pyridine rings is 1. The number of hydrogen-bond acceptors (Lipinski definition) is 4. The Morgan fingerprint density at radius 2 is 1.89 bits per heavy atom. The van der Waals surface area contributed by atoms with Crippen LogP contribution in [-0.4, -0.2) is 9.55 Å². The average Bonchev–Trinajstić information content (AvgIpc) is 3.05. The highest BCUT2D eigenvalue weighted by Crippen LogP contribution is 2.29. The second-order valence-corrected chi connectivity index (χ2v) is 7.27. The molecule has 0 saturated carbocycles. The molecule has 1 aromatic carbocycles. The minimum Gasteiger partial charge on any atom is -0.486 e. The van der Waals surface area contributed by atoms with Crippen molar-refractivity contribution in [2.45, 2.75) is 19.3 Å². The second-order valence-electron chi connectivity index (χ2n) is 5.48. The highest BCUT2D eigenvalue weighted by molar-refractivity contribution is 7.09. The van der Waals surface area contributed by atoms with E-state index in [9.17, 15) is 18.0 Å². The molecule has 0 fully saturated rings. The van der Waals surface area contributed by atoms with Gasteiger partial charge in [0.25, 0.3) is 5.56 Å². The lowest BCUT2D eigenvalue weighted by Crippen LogP contribution is -2.23. The molecule has 0 unspecified atom stereocenters. The van der Waals surface area contributed by atoms with E-state index >= 15 is 0 Å². The third kappa shape index (κ3) is 5.03. The summed E-state index contributed by atoms with van der Waals surface area (Å²) in [5.74, 6) is 0.608. The zero-order valence-corrected chi connectivity index (χ0v) is 15.8. The van der Waals surface area contributed by atoms with Crippen molar-refractivity contribution in [1.82, 2.24) is 9.55 Å². The van der Waals surface area contributed by atoms with E-state index in [0.717, 1.165) is 10.8 Å². The van der Waals surface area contributed by atoms with Crippen molar-refractivity contribution in [3.05, 3.63) is 78.6 Å². The number of alkyl halides is 3. The Labute approximate surface area is 165 Å². The van der Waals surface area contributed by atoms with Crippen molar-refractivity contribution in [3.63, 3.8) is 0 Å². The monoisotopic (exact) mass is 434 g/mol.